The van der Waals surface area contributed by atoms with Crippen molar-refractivity contribution in [2.75, 3.05) is 0 Å². The molecule has 4 aliphatic rings. The fourth-order valence-electron chi connectivity index (χ4n) is 5.71. The van der Waals surface area contributed by atoms with Crippen LogP contribution in [0.25, 0.3) is 0 Å². The fourth-order valence-corrected chi connectivity index (χ4v) is 5.71. The van der Waals surface area contributed by atoms with Crippen LogP contribution in [0, 0.1) is 23.2 Å². The van der Waals surface area contributed by atoms with Crippen LogP contribution in [0.4, 0.5) is 0 Å². The first-order valence-electron chi connectivity index (χ1n) is 8.06. The quantitative estimate of drug-likeness (QED) is 0.919. The molecule has 4 fully saturated rings. The van der Waals surface area contributed by atoms with E-state index in [1.807, 2.05) is 22.9 Å². The lowest BCUT2D eigenvalue weighted by molar-refractivity contribution is -0.0623. The molecule has 4 saturated carbocycles. The Hall–Kier alpha value is -1.09. The van der Waals surface area contributed by atoms with E-state index in [0.29, 0.717) is 12.0 Å². The average Bonchev–Trinajstić information content (AvgIpc) is 2.39. The number of nitrogens with two attached hydrogens (primary N) is 1. The van der Waals surface area contributed by atoms with Crippen LogP contribution in [0.2, 0.25) is 0 Å². The van der Waals surface area contributed by atoms with Gasteiger partial charge < -0.3 is 10.3 Å². The van der Waals surface area contributed by atoms with E-state index in [-0.39, 0.29) is 5.56 Å². The third-order valence-corrected chi connectivity index (χ3v) is 5.99. The zero-order valence-electron chi connectivity index (χ0n) is 12.1. The Morgan fingerprint density at radius 3 is 2.30 bits per heavy atom. The Bertz CT molecular complexity index is 539. The van der Waals surface area contributed by atoms with E-state index in [9.17, 15) is 4.79 Å². The summed E-state index contributed by atoms with van der Waals surface area (Å²) < 4.78 is 1.94. The van der Waals surface area contributed by atoms with Gasteiger partial charge in [-0.05, 0) is 67.8 Å². The van der Waals surface area contributed by atoms with Gasteiger partial charge in [-0.3, -0.25) is 4.79 Å². The van der Waals surface area contributed by atoms with Gasteiger partial charge in [-0.15, -0.1) is 0 Å². The molecule has 0 radical (unpaired) electrons. The number of hydrogen-bond acceptors (Lipinski definition) is 2. The first-order valence-corrected chi connectivity index (χ1v) is 8.06. The van der Waals surface area contributed by atoms with Crippen LogP contribution in [0.15, 0.2) is 23.1 Å². The highest BCUT2D eigenvalue weighted by Crippen LogP contribution is 2.60. The summed E-state index contributed by atoms with van der Waals surface area (Å²) in [5.74, 6) is 2.82. The largest absolute Gasteiger partial charge is 0.326 e. The van der Waals surface area contributed by atoms with Crippen LogP contribution in [0.5, 0.6) is 0 Å². The number of rotatable bonds is 3. The molecule has 0 saturated heterocycles. The van der Waals surface area contributed by atoms with Gasteiger partial charge in [0.05, 0.1) is 0 Å². The summed E-state index contributed by atoms with van der Waals surface area (Å²) in [5.41, 5.74) is 6.95. The second kappa shape index (κ2) is 4.45. The van der Waals surface area contributed by atoms with E-state index in [4.69, 9.17) is 5.73 Å². The van der Waals surface area contributed by atoms with Gasteiger partial charge in [0.15, 0.2) is 0 Å². The molecule has 0 atom stereocenters. The Kier molecular flexibility index (Phi) is 2.81. The van der Waals surface area contributed by atoms with Gasteiger partial charge in [0, 0.05) is 24.8 Å². The standard InChI is InChI=1S/C17H24N2O/c18-10-15-2-1-3-19(16(15)20)11-17-7-12-4-13(8-17)6-14(5-12)9-17/h1-3,12-14H,4-11,18H2. The lowest BCUT2D eigenvalue weighted by atomic mass is 9.49. The molecular formula is C17H24N2O. The predicted molar refractivity (Wildman–Crippen MR) is 79.2 cm³/mol. The van der Waals surface area contributed by atoms with Gasteiger partial charge in [0.2, 0.25) is 0 Å². The monoisotopic (exact) mass is 272 g/mol. The van der Waals surface area contributed by atoms with Gasteiger partial charge >= 0.3 is 0 Å². The molecule has 3 heteroatoms. The summed E-state index contributed by atoms with van der Waals surface area (Å²) in [6.07, 6.45) is 10.4. The molecule has 5 rings (SSSR count). The molecule has 1 heterocycles. The Balaban J connectivity index is 1.64. The van der Waals surface area contributed by atoms with E-state index < -0.39 is 0 Å². The van der Waals surface area contributed by atoms with Gasteiger partial charge in [-0.2, -0.15) is 0 Å². The fraction of sp³-hybridized carbons (Fsp3) is 0.706. The molecule has 4 bridgehead atoms. The third kappa shape index (κ3) is 1.95. The summed E-state index contributed by atoms with van der Waals surface area (Å²) in [6.45, 7) is 1.27. The molecule has 0 spiro atoms. The highest BCUT2D eigenvalue weighted by Gasteiger charge is 2.50. The van der Waals surface area contributed by atoms with Crippen LogP contribution < -0.4 is 11.3 Å². The minimum Gasteiger partial charge on any atom is -0.326 e. The van der Waals surface area contributed by atoms with Gasteiger partial charge in [-0.25, -0.2) is 0 Å². The molecule has 20 heavy (non-hydrogen) atoms. The third-order valence-electron chi connectivity index (χ3n) is 5.99. The molecular weight excluding hydrogens is 248 g/mol. The smallest absolute Gasteiger partial charge is 0.255 e. The summed E-state index contributed by atoms with van der Waals surface area (Å²) in [7, 11) is 0. The van der Waals surface area contributed by atoms with Crippen molar-refractivity contribution < 1.29 is 0 Å². The predicted octanol–water partition coefficient (Wildman–Crippen LogP) is 2.52. The first kappa shape index (κ1) is 12.6. The number of pyridine rings is 1. The average molecular weight is 272 g/mol. The summed E-state index contributed by atoms with van der Waals surface area (Å²) in [6, 6.07) is 3.84. The molecule has 0 aliphatic heterocycles. The normalized spacial score (nSPS) is 38.4. The van der Waals surface area contributed by atoms with Crippen molar-refractivity contribution in [3.8, 4) is 0 Å². The summed E-state index contributed by atoms with van der Waals surface area (Å²) >= 11 is 0. The summed E-state index contributed by atoms with van der Waals surface area (Å²) in [4.78, 5) is 12.4. The van der Waals surface area contributed by atoms with Gasteiger partial charge in [0.25, 0.3) is 5.56 Å². The van der Waals surface area contributed by atoms with E-state index in [2.05, 4.69) is 0 Å². The highest BCUT2D eigenvalue weighted by molar-refractivity contribution is 5.11. The minimum absolute atomic E-state index is 0.130. The lowest BCUT2D eigenvalue weighted by Gasteiger charge is -2.57. The molecule has 0 amide bonds. The zero-order chi connectivity index (χ0) is 13.7. The Morgan fingerprint density at radius 2 is 1.75 bits per heavy atom. The maximum Gasteiger partial charge on any atom is 0.255 e. The van der Waals surface area contributed by atoms with E-state index in [0.717, 1.165) is 29.9 Å². The molecule has 0 unspecified atom stereocenters. The number of aromatic nitrogens is 1. The molecule has 108 valence electrons. The van der Waals surface area contributed by atoms with Crippen molar-refractivity contribution in [2.24, 2.45) is 28.9 Å². The van der Waals surface area contributed by atoms with Gasteiger partial charge in [-0.1, -0.05) is 6.07 Å². The first-order chi connectivity index (χ1) is 9.67. The Morgan fingerprint density at radius 1 is 1.15 bits per heavy atom. The maximum absolute atomic E-state index is 12.4. The topological polar surface area (TPSA) is 48.0 Å². The molecule has 3 nitrogen and oxygen atoms in total. The molecule has 1 aromatic rings. The van der Waals surface area contributed by atoms with Crippen LogP contribution in [-0.4, -0.2) is 4.57 Å². The van der Waals surface area contributed by atoms with E-state index in [1.54, 1.807) is 0 Å². The van der Waals surface area contributed by atoms with E-state index in [1.165, 1.54) is 38.5 Å². The zero-order valence-corrected chi connectivity index (χ0v) is 12.1. The van der Waals surface area contributed by atoms with Crippen molar-refractivity contribution in [2.45, 2.75) is 51.6 Å². The number of hydrogen-bond donors (Lipinski definition) is 1. The van der Waals surface area contributed by atoms with Crippen molar-refractivity contribution in [1.82, 2.24) is 4.57 Å². The van der Waals surface area contributed by atoms with Crippen molar-refractivity contribution >= 4 is 0 Å². The highest BCUT2D eigenvalue weighted by atomic mass is 16.1. The SMILES string of the molecule is NCc1cccn(CC23CC4CC(CC(C4)C2)C3)c1=O. The molecule has 4 aliphatic carbocycles. The van der Waals surface area contributed by atoms with E-state index >= 15 is 0 Å². The van der Waals surface area contributed by atoms with Crippen LogP contribution in [-0.2, 0) is 13.1 Å². The van der Waals surface area contributed by atoms with Crippen molar-refractivity contribution in [1.29, 1.82) is 0 Å². The molecule has 1 aromatic heterocycles. The Labute approximate surface area is 120 Å². The van der Waals surface area contributed by atoms with Crippen molar-refractivity contribution in [3.05, 3.63) is 34.2 Å². The molecule has 0 aromatic carbocycles. The maximum atomic E-state index is 12.4. The van der Waals surface area contributed by atoms with Crippen LogP contribution in [0.1, 0.15) is 44.1 Å². The summed E-state index contributed by atoms with van der Waals surface area (Å²) in [5, 5.41) is 0. The van der Waals surface area contributed by atoms with Crippen molar-refractivity contribution in [3.63, 3.8) is 0 Å². The molecule has 2 N–H and O–H groups in total. The number of nitrogens with zero attached hydrogens (tertiary/aromatic N) is 1. The van der Waals surface area contributed by atoms with Gasteiger partial charge in [0.1, 0.15) is 0 Å². The van der Waals surface area contributed by atoms with Crippen LogP contribution >= 0.6 is 0 Å². The second-order valence-corrected chi connectivity index (χ2v) is 7.59. The minimum atomic E-state index is 0.130. The second-order valence-electron chi connectivity index (χ2n) is 7.59. The lowest BCUT2D eigenvalue weighted by Crippen LogP contribution is -2.49. The van der Waals surface area contributed by atoms with Crippen LogP contribution in [0.3, 0.4) is 0 Å².